The van der Waals surface area contributed by atoms with Crippen molar-refractivity contribution in [2.75, 3.05) is 20.2 Å². The molecule has 0 saturated carbocycles. The third kappa shape index (κ3) is 7.42. The number of hydrogen-bond acceptors (Lipinski definition) is 4. The summed E-state index contributed by atoms with van der Waals surface area (Å²) in [4.78, 5) is 16.6. The lowest BCUT2D eigenvalue weighted by Crippen LogP contribution is -2.41. The van der Waals surface area contributed by atoms with Crippen LogP contribution >= 0.6 is 0 Å². The van der Waals surface area contributed by atoms with Crippen LogP contribution in [0.2, 0.25) is 0 Å². The molecule has 3 rings (SSSR count). The molecule has 174 valence electrons. The summed E-state index contributed by atoms with van der Waals surface area (Å²) in [6.45, 7) is 6.49. The molecule has 0 aliphatic carbocycles. The summed E-state index contributed by atoms with van der Waals surface area (Å²) in [6.07, 6.45) is 1.72. The van der Waals surface area contributed by atoms with Gasteiger partial charge in [-0.25, -0.2) is 4.99 Å². The fourth-order valence-electron chi connectivity index (χ4n) is 3.27. The Bertz CT molecular complexity index is 1090. The van der Waals surface area contributed by atoms with Crippen molar-refractivity contribution in [1.82, 2.24) is 15.2 Å². The SMILES string of the molecule is CCNC(=NCc1ccc(Cn2ccccc2=O)cc1)NCC(C)Oc1ccccc1OC. The van der Waals surface area contributed by atoms with E-state index in [4.69, 9.17) is 9.47 Å². The number of para-hydroxylation sites is 2. The van der Waals surface area contributed by atoms with Crippen molar-refractivity contribution in [2.45, 2.75) is 33.0 Å². The lowest BCUT2D eigenvalue weighted by molar-refractivity contribution is 0.213. The topological polar surface area (TPSA) is 76.9 Å². The van der Waals surface area contributed by atoms with E-state index in [-0.39, 0.29) is 11.7 Å². The number of guanidine groups is 1. The minimum atomic E-state index is -0.0779. The van der Waals surface area contributed by atoms with Crippen molar-refractivity contribution in [3.05, 3.63) is 94.4 Å². The van der Waals surface area contributed by atoms with Crippen molar-refractivity contribution in [3.63, 3.8) is 0 Å². The van der Waals surface area contributed by atoms with Crippen molar-refractivity contribution in [2.24, 2.45) is 4.99 Å². The number of rotatable bonds is 10. The van der Waals surface area contributed by atoms with Gasteiger partial charge in [0.1, 0.15) is 6.10 Å². The molecule has 0 aliphatic heterocycles. The normalized spacial score (nSPS) is 12.2. The molecule has 0 radical (unpaired) electrons. The molecule has 33 heavy (non-hydrogen) atoms. The predicted molar refractivity (Wildman–Crippen MR) is 132 cm³/mol. The van der Waals surface area contributed by atoms with Gasteiger partial charge >= 0.3 is 0 Å². The van der Waals surface area contributed by atoms with Gasteiger partial charge in [0.15, 0.2) is 17.5 Å². The van der Waals surface area contributed by atoms with Crippen molar-refractivity contribution in [1.29, 1.82) is 0 Å². The highest BCUT2D eigenvalue weighted by atomic mass is 16.5. The Kier molecular flexibility index (Phi) is 8.94. The third-order valence-electron chi connectivity index (χ3n) is 4.99. The largest absolute Gasteiger partial charge is 0.493 e. The number of methoxy groups -OCH3 is 1. The summed E-state index contributed by atoms with van der Waals surface area (Å²) < 4.78 is 13.0. The maximum atomic E-state index is 11.9. The number of hydrogen-bond donors (Lipinski definition) is 2. The summed E-state index contributed by atoms with van der Waals surface area (Å²) in [5.41, 5.74) is 2.16. The number of pyridine rings is 1. The van der Waals surface area contributed by atoms with E-state index >= 15 is 0 Å². The summed E-state index contributed by atoms with van der Waals surface area (Å²) in [7, 11) is 1.63. The molecule has 0 amide bonds. The number of ether oxygens (including phenoxy) is 2. The van der Waals surface area contributed by atoms with Gasteiger partial charge in [-0.3, -0.25) is 4.79 Å². The van der Waals surface area contributed by atoms with Gasteiger partial charge in [-0.2, -0.15) is 0 Å². The molecule has 3 aromatic rings. The van der Waals surface area contributed by atoms with Crippen LogP contribution in [-0.2, 0) is 13.1 Å². The van der Waals surface area contributed by atoms with Gasteiger partial charge in [-0.05, 0) is 43.2 Å². The second-order valence-electron chi connectivity index (χ2n) is 7.64. The molecule has 7 heteroatoms. The van der Waals surface area contributed by atoms with Gasteiger partial charge < -0.3 is 24.7 Å². The highest BCUT2D eigenvalue weighted by Gasteiger charge is 2.09. The van der Waals surface area contributed by atoms with E-state index < -0.39 is 0 Å². The number of benzene rings is 2. The first-order valence-corrected chi connectivity index (χ1v) is 11.1. The van der Waals surface area contributed by atoms with E-state index in [0.717, 1.165) is 23.6 Å². The zero-order valence-corrected chi connectivity index (χ0v) is 19.5. The molecule has 0 fully saturated rings. The zero-order chi connectivity index (χ0) is 23.5. The molecular formula is C26H32N4O3. The first-order valence-electron chi connectivity index (χ1n) is 11.1. The van der Waals surface area contributed by atoms with Crippen LogP contribution in [0.25, 0.3) is 0 Å². The third-order valence-corrected chi connectivity index (χ3v) is 4.99. The Morgan fingerprint density at radius 2 is 1.67 bits per heavy atom. The monoisotopic (exact) mass is 448 g/mol. The van der Waals surface area contributed by atoms with Gasteiger partial charge in [0.25, 0.3) is 5.56 Å². The minimum absolute atomic E-state index is 0.00329. The van der Waals surface area contributed by atoms with Gasteiger partial charge in [0.2, 0.25) is 0 Å². The number of aliphatic imine (C=N–C) groups is 1. The number of nitrogens with one attached hydrogen (secondary N) is 2. The Hall–Kier alpha value is -3.74. The first kappa shape index (κ1) is 23.9. The fourth-order valence-corrected chi connectivity index (χ4v) is 3.27. The summed E-state index contributed by atoms with van der Waals surface area (Å²) in [5, 5.41) is 6.60. The van der Waals surface area contributed by atoms with Crippen LogP contribution in [0.1, 0.15) is 25.0 Å². The first-order chi connectivity index (χ1) is 16.1. The number of aromatic nitrogens is 1. The highest BCUT2D eigenvalue weighted by molar-refractivity contribution is 5.79. The van der Waals surface area contributed by atoms with Crippen molar-refractivity contribution < 1.29 is 9.47 Å². The quantitative estimate of drug-likeness (QED) is 0.367. The lowest BCUT2D eigenvalue weighted by atomic mass is 10.1. The van der Waals surface area contributed by atoms with Crippen LogP contribution < -0.4 is 25.7 Å². The Labute approximate surface area is 195 Å². The van der Waals surface area contributed by atoms with Gasteiger partial charge in [0, 0.05) is 18.8 Å². The molecule has 7 nitrogen and oxygen atoms in total. The van der Waals surface area contributed by atoms with Crippen LogP contribution in [0.3, 0.4) is 0 Å². The van der Waals surface area contributed by atoms with Crippen LogP contribution in [0.5, 0.6) is 11.5 Å². The van der Waals surface area contributed by atoms with E-state index in [1.54, 1.807) is 30.0 Å². The minimum Gasteiger partial charge on any atom is -0.493 e. The van der Waals surface area contributed by atoms with E-state index in [1.807, 2.05) is 68.4 Å². The number of nitrogens with zero attached hydrogens (tertiary/aromatic N) is 2. The van der Waals surface area contributed by atoms with Crippen molar-refractivity contribution >= 4 is 5.96 Å². The van der Waals surface area contributed by atoms with E-state index in [1.165, 1.54) is 0 Å². The van der Waals surface area contributed by atoms with E-state index in [9.17, 15) is 4.79 Å². The van der Waals surface area contributed by atoms with Crippen LogP contribution in [-0.4, -0.2) is 36.8 Å². The van der Waals surface area contributed by atoms with Crippen LogP contribution in [0.15, 0.2) is 82.7 Å². The molecule has 1 heterocycles. The average molecular weight is 449 g/mol. The molecule has 2 aromatic carbocycles. The second-order valence-corrected chi connectivity index (χ2v) is 7.64. The zero-order valence-electron chi connectivity index (χ0n) is 19.5. The molecule has 1 aromatic heterocycles. The Morgan fingerprint density at radius 3 is 2.36 bits per heavy atom. The summed E-state index contributed by atoms with van der Waals surface area (Å²) >= 11 is 0. The van der Waals surface area contributed by atoms with Crippen LogP contribution in [0, 0.1) is 0 Å². The molecule has 1 atom stereocenters. The molecule has 0 spiro atoms. The summed E-state index contributed by atoms with van der Waals surface area (Å²) in [5.74, 6) is 2.16. The molecule has 0 bridgehead atoms. The predicted octanol–water partition coefficient (Wildman–Crippen LogP) is 3.43. The summed E-state index contributed by atoms with van der Waals surface area (Å²) in [6, 6.07) is 21.0. The van der Waals surface area contributed by atoms with Crippen molar-refractivity contribution in [3.8, 4) is 11.5 Å². The second kappa shape index (κ2) is 12.3. The lowest BCUT2D eigenvalue weighted by Gasteiger charge is -2.19. The van der Waals surface area contributed by atoms with E-state index in [2.05, 4.69) is 15.6 Å². The van der Waals surface area contributed by atoms with Crippen LogP contribution in [0.4, 0.5) is 0 Å². The van der Waals surface area contributed by atoms with E-state index in [0.29, 0.717) is 31.1 Å². The standard InChI is InChI=1S/C26H32N4O3/c1-4-27-26(28-17-20(2)33-24-10-6-5-9-23(24)32-3)29-18-21-12-14-22(15-13-21)19-30-16-8-7-11-25(30)31/h5-16,20H,4,17-19H2,1-3H3,(H2,27,28,29). The highest BCUT2D eigenvalue weighted by Crippen LogP contribution is 2.26. The molecule has 1 unspecified atom stereocenters. The van der Waals surface area contributed by atoms with Gasteiger partial charge in [-0.1, -0.05) is 42.5 Å². The Balaban J connectivity index is 1.54. The molecule has 0 saturated heterocycles. The van der Waals surface area contributed by atoms with Gasteiger partial charge in [-0.15, -0.1) is 0 Å². The maximum absolute atomic E-state index is 11.9. The smallest absolute Gasteiger partial charge is 0.250 e. The maximum Gasteiger partial charge on any atom is 0.250 e. The molecular weight excluding hydrogens is 416 g/mol. The van der Waals surface area contributed by atoms with Gasteiger partial charge in [0.05, 0.1) is 26.7 Å². The average Bonchev–Trinajstić information content (AvgIpc) is 2.83. The Morgan fingerprint density at radius 1 is 0.970 bits per heavy atom. The fraction of sp³-hybridized carbons (Fsp3) is 0.308. The molecule has 0 aliphatic rings. The molecule has 2 N–H and O–H groups in total.